The molecule has 0 atom stereocenters. The van der Waals surface area contributed by atoms with Gasteiger partial charge in [0.05, 0.1) is 5.56 Å². The van der Waals surface area contributed by atoms with Gasteiger partial charge in [-0.05, 0) is 18.6 Å². The zero-order valence-corrected chi connectivity index (χ0v) is 12.2. The van der Waals surface area contributed by atoms with Crippen LogP contribution in [0.5, 0.6) is 0 Å². The summed E-state index contributed by atoms with van der Waals surface area (Å²) in [6.45, 7) is 8.08. The van der Waals surface area contributed by atoms with Crippen LogP contribution in [0.15, 0.2) is 24.3 Å². The third-order valence-corrected chi connectivity index (χ3v) is 3.16. The van der Waals surface area contributed by atoms with E-state index in [1.807, 2.05) is 25.1 Å². The second kappa shape index (κ2) is 5.00. The predicted octanol–water partition coefficient (Wildman–Crippen LogP) is 2.85. The first-order valence-electron chi connectivity index (χ1n) is 6.51. The maximum absolute atomic E-state index is 12.3. The van der Waals surface area contributed by atoms with Gasteiger partial charge in [0.2, 0.25) is 0 Å². The first-order chi connectivity index (χ1) is 9.29. The largest absolute Gasteiger partial charge is 0.398 e. The first-order valence-corrected chi connectivity index (χ1v) is 6.51. The molecule has 2 aromatic rings. The highest BCUT2D eigenvalue weighted by molar-refractivity contribution is 6.08. The number of nitrogens with two attached hydrogens (primary N) is 1. The van der Waals surface area contributed by atoms with E-state index >= 15 is 0 Å². The summed E-state index contributed by atoms with van der Waals surface area (Å²) in [7, 11) is 0. The van der Waals surface area contributed by atoms with E-state index in [0.717, 1.165) is 11.3 Å². The molecule has 0 aliphatic rings. The fourth-order valence-corrected chi connectivity index (χ4v) is 1.95. The Morgan fingerprint density at radius 3 is 2.60 bits per heavy atom. The van der Waals surface area contributed by atoms with Crippen molar-refractivity contribution in [2.24, 2.45) is 0 Å². The lowest BCUT2D eigenvalue weighted by Crippen LogP contribution is -2.16. The molecule has 1 aromatic heterocycles. The summed E-state index contributed by atoms with van der Waals surface area (Å²) in [5.74, 6) is 0.259. The number of nitrogens with zero attached hydrogens (tertiary/aromatic N) is 1. The van der Waals surface area contributed by atoms with Crippen molar-refractivity contribution in [1.82, 2.24) is 10.2 Å². The average Bonchev–Trinajstić information content (AvgIpc) is 2.76. The van der Waals surface area contributed by atoms with Gasteiger partial charge in [0, 0.05) is 22.9 Å². The van der Waals surface area contributed by atoms with E-state index in [9.17, 15) is 4.79 Å². The topological polar surface area (TPSA) is 83.8 Å². The van der Waals surface area contributed by atoms with Crippen LogP contribution in [0.3, 0.4) is 0 Å². The van der Waals surface area contributed by atoms with Crippen molar-refractivity contribution in [3.63, 3.8) is 0 Å². The van der Waals surface area contributed by atoms with Gasteiger partial charge in [-0.15, -0.1) is 0 Å². The Morgan fingerprint density at radius 1 is 1.35 bits per heavy atom. The molecule has 5 heteroatoms. The normalized spacial score (nSPS) is 11.4. The van der Waals surface area contributed by atoms with Crippen molar-refractivity contribution in [3.8, 4) is 0 Å². The lowest BCUT2D eigenvalue weighted by Gasteiger charge is -2.14. The second-order valence-corrected chi connectivity index (χ2v) is 5.91. The third-order valence-electron chi connectivity index (χ3n) is 3.16. The molecule has 2 rings (SSSR count). The van der Waals surface area contributed by atoms with Gasteiger partial charge < -0.3 is 11.1 Å². The van der Waals surface area contributed by atoms with E-state index in [1.165, 1.54) is 0 Å². The number of benzene rings is 1. The molecule has 1 amide bonds. The first kappa shape index (κ1) is 14.1. The van der Waals surface area contributed by atoms with E-state index in [1.54, 1.807) is 6.07 Å². The Labute approximate surface area is 118 Å². The lowest BCUT2D eigenvalue weighted by molar-refractivity contribution is 0.102. The molecule has 0 bridgehead atoms. The number of rotatable bonds is 2. The molecular weight excluding hydrogens is 252 g/mol. The Morgan fingerprint density at radius 2 is 2.05 bits per heavy atom. The Hall–Kier alpha value is -2.30. The van der Waals surface area contributed by atoms with Gasteiger partial charge in [0.15, 0.2) is 5.82 Å². The molecule has 0 radical (unpaired) electrons. The summed E-state index contributed by atoms with van der Waals surface area (Å²) in [6, 6.07) is 7.24. The molecular formula is C15H20N4O. The van der Waals surface area contributed by atoms with E-state index in [2.05, 4.69) is 36.3 Å². The standard InChI is InChI=1S/C15H20N4O/c1-9-6-5-7-10(16)13(9)14(20)17-12-8-11(18-19-12)15(2,3)4/h5-8H,16H2,1-4H3,(H2,17,18,19,20). The van der Waals surface area contributed by atoms with Gasteiger partial charge in [-0.2, -0.15) is 5.10 Å². The van der Waals surface area contributed by atoms with E-state index in [-0.39, 0.29) is 11.3 Å². The SMILES string of the molecule is Cc1cccc(N)c1C(=O)Nc1cc(C(C)(C)C)[nH]n1. The summed E-state index contributed by atoms with van der Waals surface area (Å²) in [4.78, 5) is 12.3. The van der Waals surface area contributed by atoms with Crippen molar-refractivity contribution < 1.29 is 4.79 Å². The number of aromatic amines is 1. The lowest BCUT2D eigenvalue weighted by atomic mass is 9.92. The van der Waals surface area contributed by atoms with Crippen LogP contribution in [0, 0.1) is 6.92 Å². The Bertz CT molecular complexity index is 617. The van der Waals surface area contributed by atoms with Gasteiger partial charge in [0.25, 0.3) is 5.91 Å². The number of hydrogen-bond acceptors (Lipinski definition) is 3. The summed E-state index contributed by atoms with van der Waals surface area (Å²) in [5.41, 5.74) is 8.58. The number of nitrogen functional groups attached to an aromatic ring is 1. The maximum atomic E-state index is 12.3. The smallest absolute Gasteiger partial charge is 0.259 e. The minimum Gasteiger partial charge on any atom is -0.398 e. The van der Waals surface area contributed by atoms with Crippen LogP contribution in [0.1, 0.15) is 42.4 Å². The predicted molar refractivity (Wildman–Crippen MR) is 80.8 cm³/mol. The molecule has 106 valence electrons. The number of nitrogens with one attached hydrogen (secondary N) is 2. The monoisotopic (exact) mass is 272 g/mol. The van der Waals surface area contributed by atoms with Crippen molar-refractivity contribution in [2.75, 3.05) is 11.1 Å². The molecule has 4 N–H and O–H groups in total. The van der Waals surface area contributed by atoms with E-state index in [4.69, 9.17) is 5.73 Å². The molecule has 0 saturated heterocycles. The minimum absolute atomic E-state index is 0.0440. The van der Waals surface area contributed by atoms with Gasteiger partial charge in [0.1, 0.15) is 0 Å². The molecule has 1 aromatic carbocycles. The Balaban J connectivity index is 2.22. The minimum atomic E-state index is -0.243. The molecule has 0 aliphatic carbocycles. The van der Waals surface area contributed by atoms with Crippen LogP contribution in [0.25, 0.3) is 0 Å². The van der Waals surface area contributed by atoms with Crippen LogP contribution in [0.2, 0.25) is 0 Å². The highest BCUT2D eigenvalue weighted by atomic mass is 16.1. The summed E-state index contributed by atoms with van der Waals surface area (Å²) < 4.78 is 0. The van der Waals surface area contributed by atoms with Crippen molar-refractivity contribution in [3.05, 3.63) is 41.1 Å². The number of aromatic nitrogens is 2. The molecule has 0 spiro atoms. The maximum Gasteiger partial charge on any atom is 0.259 e. The van der Waals surface area contributed by atoms with Crippen LogP contribution in [-0.2, 0) is 5.41 Å². The van der Waals surface area contributed by atoms with Gasteiger partial charge in [-0.3, -0.25) is 9.89 Å². The van der Waals surface area contributed by atoms with Gasteiger partial charge >= 0.3 is 0 Å². The fraction of sp³-hybridized carbons (Fsp3) is 0.333. The summed E-state index contributed by atoms with van der Waals surface area (Å²) >= 11 is 0. The Kier molecular flexibility index (Phi) is 3.53. The van der Waals surface area contributed by atoms with Crippen LogP contribution < -0.4 is 11.1 Å². The van der Waals surface area contributed by atoms with E-state index < -0.39 is 0 Å². The third kappa shape index (κ3) is 2.82. The highest BCUT2D eigenvalue weighted by Gasteiger charge is 2.18. The summed E-state index contributed by atoms with van der Waals surface area (Å²) in [5, 5.41) is 9.82. The number of carbonyl (C=O) groups is 1. The second-order valence-electron chi connectivity index (χ2n) is 5.91. The zero-order chi connectivity index (χ0) is 14.9. The van der Waals surface area contributed by atoms with Crippen LogP contribution in [-0.4, -0.2) is 16.1 Å². The molecule has 1 heterocycles. The van der Waals surface area contributed by atoms with Crippen LogP contribution in [0.4, 0.5) is 11.5 Å². The number of carbonyl (C=O) groups excluding carboxylic acids is 1. The number of amides is 1. The average molecular weight is 272 g/mol. The van der Waals surface area contributed by atoms with Crippen LogP contribution >= 0.6 is 0 Å². The van der Waals surface area contributed by atoms with Crippen molar-refractivity contribution in [1.29, 1.82) is 0 Å². The molecule has 20 heavy (non-hydrogen) atoms. The molecule has 5 nitrogen and oxygen atoms in total. The van der Waals surface area contributed by atoms with Gasteiger partial charge in [-0.25, -0.2) is 0 Å². The molecule has 0 fully saturated rings. The van der Waals surface area contributed by atoms with Crippen molar-refractivity contribution in [2.45, 2.75) is 33.1 Å². The van der Waals surface area contributed by atoms with E-state index in [0.29, 0.717) is 17.1 Å². The molecule has 0 unspecified atom stereocenters. The number of hydrogen-bond donors (Lipinski definition) is 3. The highest BCUT2D eigenvalue weighted by Crippen LogP contribution is 2.23. The summed E-state index contributed by atoms with van der Waals surface area (Å²) in [6.07, 6.45) is 0. The van der Waals surface area contributed by atoms with Crippen molar-refractivity contribution >= 4 is 17.4 Å². The number of anilines is 2. The molecule has 0 aliphatic heterocycles. The molecule has 0 saturated carbocycles. The fourth-order valence-electron chi connectivity index (χ4n) is 1.95. The zero-order valence-electron chi connectivity index (χ0n) is 12.2. The quantitative estimate of drug-likeness (QED) is 0.735. The van der Waals surface area contributed by atoms with Gasteiger partial charge in [-0.1, -0.05) is 32.9 Å². The number of aryl methyl sites for hydroxylation is 1. The number of H-pyrrole nitrogens is 1.